The third-order valence-electron chi connectivity index (χ3n) is 1.91. The zero-order chi connectivity index (χ0) is 11.3. The molecule has 1 aromatic carbocycles. The van der Waals surface area contributed by atoms with Crippen LogP contribution in [0.2, 0.25) is 0 Å². The van der Waals surface area contributed by atoms with Crippen LogP contribution in [-0.4, -0.2) is 17.0 Å². The maximum atomic E-state index is 10.9. The number of aliphatic hydroxyl groups is 1. The Hall–Kier alpha value is -1.85. The Kier molecular flexibility index (Phi) is 3.84. The van der Waals surface area contributed by atoms with Crippen LogP contribution >= 0.6 is 0 Å². The van der Waals surface area contributed by atoms with Gasteiger partial charge in [0.1, 0.15) is 6.10 Å². The van der Waals surface area contributed by atoms with Crippen molar-refractivity contribution in [1.82, 2.24) is 0 Å². The van der Waals surface area contributed by atoms with Crippen molar-refractivity contribution in [2.45, 2.75) is 13.0 Å². The molecule has 0 spiro atoms. The lowest BCUT2D eigenvalue weighted by molar-refractivity contribution is -0.114. The second-order valence-electron chi connectivity index (χ2n) is 3.12. The number of Topliss-reactive ketones (excluding diaryl/α,β-unsaturated/α-hetero) is 1. The van der Waals surface area contributed by atoms with Gasteiger partial charge in [0.05, 0.1) is 0 Å². The Labute approximate surface area is 89.3 Å². The molecular formula is C13H12O2. The van der Waals surface area contributed by atoms with Crippen molar-refractivity contribution >= 4 is 5.78 Å². The maximum absolute atomic E-state index is 10.9. The van der Waals surface area contributed by atoms with Crippen LogP contribution in [0.5, 0.6) is 0 Å². The number of hydrogen-bond acceptors (Lipinski definition) is 2. The first kappa shape index (κ1) is 11.2. The van der Waals surface area contributed by atoms with E-state index in [4.69, 9.17) is 0 Å². The fourth-order valence-electron chi connectivity index (χ4n) is 0.953. The highest BCUT2D eigenvalue weighted by molar-refractivity contribution is 5.94. The fourth-order valence-corrected chi connectivity index (χ4v) is 0.953. The molecule has 0 saturated carbocycles. The third kappa shape index (κ3) is 3.41. The van der Waals surface area contributed by atoms with Gasteiger partial charge in [-0.25, -0.2) is 0 Å². The standard InChI is InChI=1S/C13H12O2/c1-10(11(2)14)13(15)9-8-12-6-4-3-5-7-12/h3-7,13,15H,1H2,2H3. The molecule has 2 heteroatoms. The number of carbonyl (C=O) groups is 1. The zero-order valence-corrected chi connectivity index (χ0v) is 8.53. The first-order valence-corrected chi connectivity index (χ1v) is 4.55. The number of benzene rings is 1. The van der Waals surface area contributed by atoms with Crippen molar-refractivity contribution in [3.05, 3.63) is 48.0 Å². The Balaban J connectivity index is 2.75. The molecule has 1 N–H and O–H groups in total. The molecule has 76 valence electrons. The second-order valence-corrected chi connectivity index (χ2v) is 3.12. The Morgan fingerprint density at radius 1 is 1.40 bits per heavy atom. The molecule has 0 aliphatic carbocycles. The van der Waals surface area contributed by atoms with Gasteiger partial charge in [-0.15, -0.1) is 0 Å². The van der Waals surface area contributed by atoms with Gasteiger partial charge in [0.2, 0.25) is 0 Å². The van der Waals surface area contributed by atoms with Gasteiger partial charge >= 0.3 is 0 Å². The molecule has 1 unspecified atom stereocenters. The van der Waals surface area contributed by atoms with Gasteiger partial charge in [-0.3, -0.25) is 4.79 Å². The van der Waals surface area contributed by atoms with E-state index in [-0.39, 0.29) is 11.4 Å². The molecule has 0 aromatic heterocycles. The van der Waals surface area contributed by atoms with Gasteiger partial charge < -0.3 is 5.11 Å². The maximum Gasteiger partial charge on any atom is 0.158 e. The summed E-state index contributed by atoms with van der Waals surface area (Å²) in [6, 6.07) is 9.26. The van der Waals surface area contributed by atoms with Gasteiger partial charge in [0.25, 0.3) is 0 Å². The van der Waals surface area contributed by atoms with Crippen molar-refractivity contribution in [2.75, 3.05) is 0 Å². The number of ketones is 1. The first-order chi connectivity index (χ1) is 7.11. The van der Waals surface area contributed by atoms with Crippen molar-refractivity contribution in [3.63, 3.8) is 0 Å². The highest BCUT2D eigenvalue weighted by Gasteiger charge is 2.08. The average molecular weight is 200 g/mol. The third-order valence-corrected chi connectivity index (χ3v) is 1.91. The van der Waals surface area contributed by atoms with Crippen LogP contribution in [0.1, 0.15) is 12.5 Å². The normalized spacial score (nSPS) is 11.1. The molecule has 2 nitrogen and oxygen atoms in total. The minimum atomic E-state index is -1.08. The van der Waals surface area contributed by atoms with Crippen molar-refractivity contribution in [2.24, 2.45) is 0 Å². The quantitative estimate of drug-likeness (QED) is 0.581. The molecule has 0 saturated heterocycles. The summed E-state index contributed by atoms with van der Waals surface area (Å²) in [6.45, 7) is 4.82. The molecular weight excluding hydrogens is 188 g/mol. The monoisotopic (exact) mass is 200 g/mol. The van der Waals surface area contributed by atoms with E-state index in [9.17, 15) is 9.90 Å². The van der Waals surface area contributed by atoms with E-state index in [2.05, 4.69) is 18.4 Å². The smallest absolute Gasteiger partial charge is 0.158 e. The molecule has 0 fully saturated rings. The molecule has 1 rings (SSSR count). The second kappa shape index (κ2) is 5.14. The summed E-state index contributed by atoms with van der Waals surface area (Å²) >= 11 is 0. The molecule has 0 radical (unpaired) electrons. The van der Waals surface area contributed by atoms with Crippen LogP contribution in [0.3, 0.4) is 0 Å². The highest BCUT2D eigenvalue weighted by Crippen LogP contribution is 2.00. The lowest BCUT2D eigenvalue weighted by atomic mass is 10.1. The van der Waals surface area contributed by atoms with Gasteiger partial charge in [-0.05, 0) is 19.1 Å². The Morgan fingerprint density at radius 2 is 2.00 bits per heavy atom. The topological polar surface area (TPSA) is 37.3 Å². The summed E-state index contributed by atoms with van der Waals surface area (Å²) in [4.78, 5) is 10.9. The molecule has 0 aliphatic rings. The van der Waals surface area contributed by atoms with Gasteiger partial charge in [-0.2, -0.15) is 0 Å². The van der Waals surface area contributed by atoms with Gasteiger partial charge in [0.15, 0.2) is 5.78 Å². The van der Waals surface area contributed by atoms with Crippen LogP contribution in [0.4, 0.5) is 0 Å². The lowest BCUT2D eigenvalue weighted by Crippen LogP contribution is -2.12. The summed E-state index contributed by atoms with van der Waals surface area (Å²) in [6.07, 6.45) is -1.08. The number of hydrogen-bond donors (Lipinski definition) is 1. The van der Waals surface area contributed by atoms with Crippen LogP contribution in [0, 0.1) is 11.8 Å². The van der Waals surface area contributed by atoms with Crippen LogP contribution < -0.4 is 0 Å². The van der Waals surface area contributed by atoms with E-state index in [0.29, 0.717) is 0 Å². The van der Waals surface area contributed by atoms with Crippen molar-refractivity contribution in [1.29, 1.82) is 0 Å². The molecule has 0 amide bonds. The molecule has 15 heavy (non-hydrogen) atoms. The zero-order valence-electron chi connectivity index (χ0n) is 8.53. The van der Waals surface area contributed by atoms with Crippen molar-refractivity contribution in [3.8, 4) is 11.8 Å². The summed E-state index contributed by atoms with van der Waals surface area (Å²) in [5, 5.41) is 9.46. The molecule has 0 aliphatic heterocycles. The number of rotatable bonds is 2. The molecule has 0 heterocycles. The minimum absolute atomic E-state index is 0.124. The van der Waals surface area contributed by atoms with Crippen LogP contribution in [0.15, 0.2) is 42.5 Å². The predicted octanol–water partition coefficient (Wildman–Crippen LogP) is 1.54. The summed E-state index contributed by atoms with van der Waals surface area (Å²) in [5.74, 6) is 5.09. The predicted molar refractivity (Wildman–Crippen MR) is 59.1 cm³/mol. The molecule has 0 bridgehead atoms. The fraction of sp³-hybridized carbons (Fsp3) is 0.154. The number of aliphatic hydroxyl groups excluding tert-OH is 1. The van der Waals surface area contributed by atoms with E-state index < -0.39 is 6.10 Å². The van der Waals surface area contributed by atoms with Crippen LogP contribution in [-0.2, 0) is 4.79 Å². The molecule has 1 aromatic rings. The first-order valence-electron chi connectivity index (χ1n) is 4.55. The average Bonchev–Trinajstić information content (AvgIpc) is 2.26. The van der Waals surface area contributed by atoms with E-state index in [1.54, 1.807) is 0 Å². The Bertz CT molecular complexity index is 421. The lowest BCUT2D eigenvalue weighted by Gasteiger charge is -2.01. The van der Waals surface area contributed by atoms with Crippen LogP contribution in [0.25, 0.3) is 0 Å². The summed E-state index contributed by atoms with van der Waals surface area (Å²) in [5.41, 5.74) is 0.923. The van der Waals surface area contributed by atoms with E-state index >= 15 is 0 Å². The van der Waals surface area contributed by atoms with E-state index in [1.807, 2.05) is 30.3 Å². The van der Waals surface area contributed by atoms with Crippen molar-refractivity contribution < 1.29 is 9.90 Å². The molecule has 1 atom stereocenters. The van der Waals surface area contributed by atoms with E-state index in [0.717, 1.165) is 5.56 Å². The highest BCUT2D eigenvalue weighted by atomic mass is 16.3. The summed E-state index contributed by atoms with van der Waals surface area (Å²) in [7, 11) is 0. The summed E-state index contributed by atoms with van der Waals surface area (Å²) < 4.78 is 0. The van der Waals surface area contributed by atoms with Gasteiger partial charge in [0, 0.05) is 11.1 Å². The Morgan fingerprint density at radius 3 is 2.53 bits per heavy atom. The SMILES string of the molecule is C=C(C(C)=O)C(O)C#Cc1ccccc1. The van der Waals surface area contributed by atoms with Gasteiger partial charge in [-0.1, -0.05) is 36.6 Å². The largest absolute Gasteiger partial charge is 0.376 e. The minimum Gasteiger partial charge on any atom is -0.376 e. The number of carbonyl (C=O) groups excluding carboxylic acids is 1. The van der Waals surface area contributed by atoms with E-state index in [1.165, 1.54) is 6.92 Å².